The number of aliphatic hydroxyl groups excluding tert-OH is 3. The number of phosphoric ester groups is 1. The topological polar surface area (TPSA) is 273 Å². The van der Waals surface area contributed by atoms with Gasteiger partial charge in [-0.3, -0.25) is 43.7 Å². The van der Waals surface area contributed by atoms with Gasteiger partial charge < -0.3 is 29.5 Å². The molecule has 0 fully saturated rings. The first-order chi connectivity index (χ1) is 40.3. The second kappa shape index (κ2) is 59.0. The highest BCUT2D eigenvalue weighted by Crippen LogP contribution is 2.49. The monoisotopic (exact) mass is 1200 g/mol. The zero-order valence-electron chi connectivity index (χ0n) is 50.9. The normalized spacial score (nSPS) is 15.2. The molecular weight excluding hydrogens is 1090 g/mol. The van der Waals surface area contributed by atoms with Gasteiger partial charge in [0.2, 0.25) is 0 Å². The average molecular weight is 1200 g/mol. The summed E-state index contributed by atoms with van der Waals surface area (Å²) in [5.41, 5.74) is 0. The van der Waals surface area contributed by atoms with E-state index in [0.717, 1.165) is 154 Å². The third-order valence-corrected chi connectivity index (χ3v) is 14.5. The number of hydrogen-bond acceptors (Lipinski definition) is 19. The van der Waals surface area contributed by atoms with E-state index in [1.807, 2.05) is 54.7 Å². The summed E-state index contributed by atoms with van der Waals surface area (Å²) in [6.45, 7) is 2.91. The number of carbonyl (C=O) groups is 3. The molecule has 0 aromatic carbocycles. The molecule has 0 aromatic heterocycles. The van der Waals surface area contributed by atoms with Crippen LogP contribution >= 0.6 is 7.82 Å². The molecule has 0 aromatic rings. The molecule has 19 nitrogen and oxygen atoms in total. The summed E-state index contributed by atoms with van der Waals surface area (Å²) in [5, 5.41) is 59.0. The van der Waals surface area contributed by atoms with Crippen LogP contribution in [0.15, 0.2) is 72.9 Å². The van der Waals surface area contributed by atoms with Crippen LogP contribution in [-0.2, 0) is 61.4 Å². The molecular formula is C63H111O19P. The summed E-state index contributed by atoms with van der Waals surface area (Å²) >= 11 is 0. The third-order valence-electron chi connectivity index (χ3n) is 13.1. The van der Waals surface area contributed by atoms with Gasteiger partial charge in [0.15, 0.2) is 0 Å². The van der Waals surface area contributed by atoms with E-state index in [1.165, 1.54) is 0 Å². The van der Waals surface area contributed by atoms with E-state index in [4.69, 9.17) is 43.6 Å². The van der Waals surface area contributed by atoms with Gasteiger partial charge in [0.05, 0.1) is 19.8 Å². The molecule has 3 unspecified atom stereocenters. The van der Waals surface area contributed by atoms with Crippen LogP contribution in [0.25, 0.3) is 0 Å². The van der Waals surface area contributed by atoms with Crippen molar-refractivity contribution < 1.29 is 92.5 Å². The summed E-state index contributed by atoms with van der Waals surface area (Å²) in [5.74, 6) is -1.59. The third kappa shape index (κ3) is 53.8. The molecule has 0 saturated heterocycles. The number of hydrogen-bond donors (Lipinski definition) is 6. The Morgan fingerprint density at radius 3 is 0.867 bits per heavy atom. The predicted molar refractivity (Wildman–Crippen MR) is 323 cm³/mol. The molecule has 0 aliphatic rings. The Morgan fingerprint density at radius 1 is 0.349 bits per heavy atom. The largest absolute Gasteiger partial charge is 0.475 e. The molecule has 0 bridgehead atoms. The highest BCUT2D eigenvalue weighted by Gasteiger charge is 2.31. The maximum atomic E-state index is 13.7. The molecule has 6 N–H and O–H groups in total. The number of ether oxygens (including phenoxy) is 3. The fourth-order valence-corrected chi connectivity index (χ4v) is 9.27. The molecule has 0 radical (unpaired) electrons. The zero-order chi connectivity index (χ0) is 61.1. The number of aliphatic hydroxyl groups is 3. The minimum atomic E-state index is -4.64. The van der Waals surface area contributed by atoms with Gasteiger partial charge >= 0.3 is 25.7 Å². The van der Waals surface area contributed by atoms with Gasteiger partial charge in [0.25, 0.3) is 0 Å². The maximum absolute atomic E-state index is 13.7. The smallest absolute Gasteiger partial charge is 0.463 e. The summed E-state index contributed by atoms with van der Waals surface area (Å²) in [6.07, 6.45) is 45.8. The predicted octanol–water partition coefficient (Wildman–Crippen LogP) is 14.7. The molecule has 0 amide bonds. The lowest BCUT2D eigenvalue weighted by molar-refractivity contribution is -0.264. The van der Waals surface area contributed by atoms with Crippen LogP contribution in [0.5, 0.6) is 0 Å². The van der Waals surface area contributed by atoms with E-state index in [2.05, 4.69) is 53.7 Å². The van der Waals surface area contributed by atoms with E-state index in [1.54, 1.807) is 0 Å². The fourth-order valence-electron chi connectivity index (χ4n) is 7.98. The second-order valence-corrected chi connectivity index (χ2v) is 22.7. The van der Waals surface area contributed by atoms with E-state index < -0.39 is 83.7 Å². The first-order valence-corrected chi connectivity index (χ1v) is 32.7. The van der Waals surface area contributed by atoms with Crippen LogP contribution in [0.1, 0.15) is 233 Å². The van der Waals surface area contributed by atoms with Crippen molar-refractivity contribution in [2.24, 2.45) is 0 Å². The number of carbonyl (C=O) groups excluding carboxylic acids is 3. The molecule has 0 saturated carbocycles. The standard InChI is InChI=1S/C63H111O19P/c1-4-7-10-31-40-58(80-70)43-34-25-19-13-16-22-28-37-46-61(67)74-49-55(64)52-77-83(73,78-53-56(65)50-75-62(68)47-38-29-23-17-14-20-26-35-44-59(81-71)41-32-11-8-5-2)79-54-57(66)51-76-63(69)48-39-30-24-18-15-21-27-36-45-60(82-72)42-33-12-9-6-3/h25-27,31-36,40-42,55-60,64-66,70-72H,4-24,28-30,37-39,43-54H2,1-3H3/b34-25+,35-26+,36-27+,40-31+,41-32+,42-33+/t55-,56-,57-,58?,59?,60?,83?/m0/s1. The Kier molecular flexibility index (Phi) is 56.5. The van der Waals surface area contributed by atoms with Gasteiger partial charge in [0, 0.05) is 19.3 Å². The Labute approximate surface area is 498 Å². The van der Waals surface area contributed by atoms with Crippen molar-refractivity contribution >= 4 is 25.7 Å². The van der Waals surface area contributed by atoms with Gasteiger partial charge in [-0.05, 0) is 96.3 Å². The van der Waals surface area contributed by atoms with Gasteiger partial charge in [-0.1, -0.05) is 190 Å². The van der Waals surface area contributed by atoms with Crippen LogP contribution in [0.3, 0.4) is 0 Å². The van der Waals surface area contributed by atoms with Crippen LogP contribution < -0.4 is 0 Å². The van der Waals surface area contributed by atoms with E-state index in [-0.39, 0.29) is 37.6 Å². The summed E-state index contributed by atoms with van der Waals surface area (Å²) in [4.78, 5) is 50.9. The van der Waals surface area contributed by atoms with Crippen LogP contribution in [-0.4, -0.2) is 125 Å². The van der Waals surface area contributed by atoms with Gasteiger partial charge in [-0.2, -0.15) is 0 Å². The van der Waals surface area contributed by atoms with Crippen LogP contribution in [0.4, 0.5) is 0 Å². The Balaban J connectivity index is 4.90. The molecule has 0 rings (SSSR count). The molecule has 6 atom stereocenters. The summed E-state index contributed by atoms with van der Waals surface area (Å²) in [7, 11) is -4.64. The molecule has 0 heterocycles. The van der Waals surface area contributed by atoms with Crippen molar-refractivity contribution in [3.63, 3.8) is 0 Å². The van der Waals surface area contributed by atoms with Crippen molar-refractivity contribution in [1.29, 1.82) is 0 Å². The van der Waals surface area contributed by atoms with Crippen molar-refractivity contribution in [3.8, 4) is 0 Å². The second-order valence-electron chi connectivity index (χ2n) is 21.0. The molecule has 83 heavy (non-hydrogen) atoms. The average Bonchev–Trinajstić information content (AvgIpc) is 3.50. The molecule has 0 spiro atoms. The summed E-state index contributed by atoms with van der Waals surface area (Å²) < 4.78 is 45.4. The Hall–Kier alpha value is -3.40. The first-order valence-electron chi connectivity index (χ1n) is 31.2. The quantitative estimate of drug-likeness (QED) is 0.00628. The lowest BCUT2D eigenvalue weighted by Gasteiger charge is -2.22. The summed E-state index contributed by atoms with van der Waals surface area (Å²) in [6, 6.07) is 0. The number of esters is 3. The number of allylic oxidation sites excluding steroid dienone is 6. The Morgan fingerprint density at radius 2 is 0.602 bits per heavy atom. The Bertz CT molecular complexity index is 1560. The van der Waals surface area contributed by atoms with E-state index in [9.17, 15) is 34.3 Å². The van der Waals surface area contributed by atoms with E-state index in [0.29, 0.717) is 38.5 Å². The SMILES string of the molecule is CCCC/C=C/C(C/C=C/CCCCCCCC(=O)OC[C@H](O)COP(=O)(OC[C@@H](O)COC(=O)CCCCCCC/C=C/CC(/C=C/CCCC)OO)OC[C@@H](O)COC(=O)CCCCCCC/C=C/CC(/C=C/CCCC)OO)OO. The van der Waals surface area contributed by atoms with Gasteiger partial charge in [-0.25, -0.2) is 19.2 Å². The molecule has 20 heteroatoms. The molecule has 0 aliphatic heterocycles. The van der Waals surface area contributed by atoms with E-state index >= 15 is 0 Å². The van der Waals surface area contributed by atoms with Crippen molar-refractivity contribution in [1.82, 2.24) is 0 Å². The van der Waals surface area contributed by atoms with Crippen LogP contribution in [0, 0.1) is 0 Å². The fraction of sp³-hybridized carbons (Fsp3) is 0.762. The van der Waals surface area contributed by atoms with Crippen molar-refractivity contribution in [3.05, 3.63) is 72.9 Å². The van der Waals surface area contributed by atoms with Gasteiger partial charge in [0.1, 0.15) is 56.4 Å². The maximum Gasteiger partial charge on any atom is 0.475 e. The number of phosphoric acid groups is 1. The number of unbranched alkanes of at least 4 members (excludes halogenated alkanes) is 21. The minimum Gasteiger partial charge on any atom is -0.463 e. The lowest BCUT2D eigenvalue weighted by atomic mass is 10.1. The van der Waals surface area contributed by atoms with Gasteiger partial charge in [-0.15, -0.1) is 0 Å². The zero-order valence-corrected chi connectivity index (χ0v) is 51.8. The highest BCUT2D eigenvalue weighted by molar-refractivity contribution is 7.48. The van der Waals surface area contributed by atoms with Crippen molar-refractivity contribution in [2.45, 2.75) is 269 Å². The van der Waals surface area contributed by atoms with Crippen molar-refractivity contribution in [2.75, 3.05) is 39.6 Å². The molecule has 482 valence electrons. The highest BCUT2D eigenvalue weighted by atomic mass is 31.2. The van der Waals surface area contributed by atoms with Crippen LogP contribution in [0.2, 0.25) is 0 Å². The number of rotatable bonds is 60. The lowest BCUT2D eigenvalue weighted by Crippen LogP contribution is -2.27. The minimum absolute atomic E-state index is 0.139. The first kappa shape index (κ1) is 79.6. The molecule has 0 aliphatic carbocycles.